The number of hydrogen-bond donors (Lipinski definition) is 2. The third-order valence-corrected chi connectivity index (χ3v) is 4.78. The number of H-pyrrole nitrogens is 1. The summed E-state index contributed by atoms with van der Waals surface area (Å²) in [6, 6.07) is 8.60. The van der Waals surface area contributed by atoms with Crippen molar-refractivity contribution < 1.29 is 0 Å². The van der Waals surface area contributed by atoms with E-state index in [0.29, 0.717) is 6.04 Å². The Hall–Kier alpha value is -1.99. The number of nitrogens with zero attached hydrogens (tertiary/aromatic N) is 4. The largest absolute Gasteiger partial charge is 0.341 e. The molecule has 2 N–H and O–H groups in total. The Morgan fingerprint density at radius 1 is 1.42 bits per heavy atom. The molecule has 1 aromatic carbocycles. The molecule has 24 heavy (non-hydrogen) atoms. The van der Waals surface area contributed by atoms with Gasteiger partial charge in [-0.05, 0) is 25.5 Å². The van der Waals surface area contributed by atoms with Gasteiger partial charge in [0.05, 0.1) is 25.0 Å². The van der Waals surface area contributed by atoms with Gasteiger partial charge in [-0.1, -0.05) is 28.1 Å². The first kappa shape index (κ1) is 15.5. The van der Waals surface area contributed by atoms with Gasteiger partial charge in [0, 0.05) is 22.5 Å². The number of hydrogen-bond acceptors (Lipinski definition) is 4. The lowest BCUT2D eigenvalue weighted by Gasteiger charge is -2.23. The number of fused-ring (bicyclic) bond motifs is 1. The molecule has 7 heteroatoms. The number of nitrogens with one attached hydrogen (secondary N) is 2. The molecule has 1 aliphatic rings. The number of benzene rings is 1. The van der Waals surface area contributed by atoms with Gasteiger partial charge in [0.15, 0.2) is 0 Å². The van der Waals surface area contributed by atoms with Crippen LogP contribution in [0, 0.1) is 6.92 Å². The summed E-state index contributed by atoms with van der Waals surface area (Å²) in [5, 5.41) is 8.02. The average Bonchev–Trinajstić information content (AvgIpc) is 3.18. The summed E-state index contributed by atoms with van der Waals surface area (Å²) in [7, 11) is 0. The van der Waals surface area contributed by atoms with Gasteiger partial charge in [0.1, 0.15) is 17.5 Å². The maximum atomic E-state index is 4.49. The van der Waals surface area contributed by atoms with Crippen molar-refractivity contribution in [1.82, 2.24) is 30.0 Å². The Balaban J connectivity index is 1.39. The number of aryl methyl sites for hydroxylation is 2. The lowest BCUT2D eigenvalue weighted by molar-refractivity contribution is 0.355. The molecule has 1 aliphatic heterocycles. The van der Waals surface area contributed by atoms with E-state index in [1.807, 2.05) is 29.9 Å². The molecule has 0 saturated heterocycles. The van der Waals surface area contributed by atoms with Crippen molar-refractivity contribution in [1.29, 1.82) is 0 Å². The molecule has 1 atom stereocenters. The van der Waals surface area contributed by atoms with E-state index in [4.69, 9.17) is 0 Å². The lowest BCUT2D eigenvalue weighted by Crippen LogP contribution is -2.37. The molecule has 2 aromatic heterocycles. The van der Waals surface area contributed by atoms with Crippen molar-refractivity contribution in [3.05, 3.63) is 52.4 Å². The molecule has 1 unspecified atom stereocenters. The highest BCUT2D eigenvalue weighted by Crippen LogP contribution is 2.21. The quantitative estimate of drug-likeness (QED) is 0.722. The highest BCUT2D eigenvalue weighted by molar-refractivity contribution is 9.10. The van der Waals surface area contributed by atoms with E-state index in [-0.39, 0.29) is 0 Å². The molecule has 0 radical (unpaired) electrons. The Morgan fingerprint density at radius 3 is 3.21 bits per heavy atom. The molecule has 0 amide bonds. The summed E-state index contributed by atoms with van der Waals surface area (Å²) in [6.45, 7) is 3.54. The van der Waals surface area contributed by atoms with E-state index in [2.05, 4.69) is 53.4 Å². The van der Waals surface area contributed by atoms with Crippen LogP contribution in [0.3, 0.4) is 0 Å². The van der Waals surface area contributed by atoms with Crippen molar-refractivity contribution in [3.8, 4) is 11.3 Å². The standard InChI is InChI=1S/C17H19BrN6/c1-11-21-17-6-5-14(10-24(17)23-11)19-9-16-20-8-15(22-16)12-3-2-4-13(18)7-12/h2-4,7-8,14,19H,5-6,9-10H2,1H3,(H,20,22). The van der Waals surface area contributed by atoms with Crippen LogP contribution in [0.5, 0.6) is 0 Å². The molecule has 0 aliphatic carbocycles. The van der Waals surface area contributed by atoms with Crippen LogP contribution in [0.4, 0.5) is 0 Å². The van der Waals surface area contributed by atoms with Gasteiger partial charge < -0.3 is 10.3 Å². The number of imidazole rings is 1. The van der Waals surface area contributed by atoms with Crippen LogP contribution < -0.4 is 5.32 Å². The Bertz CT molecular complexity index is 852. The molecule has 0 saturated carbocycles. The summed E-state index contributed by atoms with van der Waals surface area (Å²) < 4.78 is 3.08. The molecular formula is C17H19BrN6. The predicted octanol–water partition coefficient (Wildman–Crippen LogP) is 2.84. The van der Waals surface area contributed by atoms with Crippen LogP contribution in [-0.2, 0) is 19.5 Å². The third kappa shape index (κ3) is 3.27. The smallest absolute Gasteiger partial charge is 0.147 e. The first-order valence-electron chi connectivity index (χ1n) is 8.11. The molecule has 3 aromatic rings. The maximum Gasteiger partial charge on any atom is 0.147 e. The van der Waals surface area contributed by atoms with Crippen molar-refractivity contribution in [3.63, 3.8) is 0 Å². The van der Waals surface area contributed by atoms with Crippen molar-refractivity contribution in [2.24, 2.45) is 0 Å². The second-order valence-electron chi connectivity index (χ2n) is 6.13. The Labute approximate surface area is 148 Å². The molecular weight excluding hydrogens is 368 g/mol. The average molecular weight is 387 g/mol. The second-order valence-corrected chi connectivity index (χ2v) is 7.04. The van der Waals surface area contributed by atoms with Crippen LogP contribution in [0.25, 0.3) is 11.3 Å². The van der Waals surface area contributed by atoms with Crippen LogP contribution in [0.15, 0.2) is 34.9 Å². The minimum atomic E-state index is 0.401. The van der Waals surface area contributed by atoms with Gasteiger partial charge in [-0.2, -0.15) is 5.10 Å². The first-order valence-corrected chi connectivity index (χ1v) is 8.90. The highest BCUT2D eigenvalue weighted by atomic mass is 79.9. The fraction of sp³-hybridized carbons (Fsp3) is 0.353. The maximum absolute atomic E-state index is 4.49. The highest BCUT2D eigenvalue weighted by Gasteiger charge is 2.20. The van der Waals surface area contributed by atoms with Gasteiger partial charge in [-0.25, -0.2) is 14.6 Å². The molecule has 3 heterocycles. The zero-order valence-electron chi connectivity index (χ0n) is 13.5. The van der Waals surface area contributed by atoms with Gasteiger partial charge in [0.2, 0.25) is 0 Å². The summed E-state index contributed by atoms with van der Waals surface area (Å²) in [4.78, 5) is 12.3. The fourth-order valence-electron chi connectivity index (χ4n) is 3.10. The van der Waals surface area contributed by atoms with Gasteiger partial charge in [-0.15, -0.1) is 0 Å². The van der Waals surface area contributed by atoms with Crippen LogP contribution in [-0.4, -0.2) is 30.8 Å². The zero-order chi connectivity index (χ0) is 16.5. The summed E-state index contributed by atoms with van der Waals surface area (Å²) in [5.74, 6) is 2.90. The minimum absolute atomic E-state index is 0.401. The predicted molar refractivity (Wildman–Crippen MR) is 95.4 cm³/mol. The van der Waals surface area contributed by atoms with Crippen molar-refractivity contribution in [2.75, 3.05) is 0 Å². The SMILES string of the molecule is Cc1nc2n(n1)CC(NCc1ncc(-c3cccc(Br)c3)[nH]1)CC2. The molecule has 0 fully saturated rings. The normalized spacial score (nSPS) is 17.0. The van der Waals surface area contributed by atoms with E-state index in [0.717, 1.165) is 59.1 Å². The van der Waals surface area contributed by atoms with Crippen LogP contribution in [0.1, 0.15) is 23.9 Å². The number of aromatic amines is 1. The van der Waals surface area contributed by atoms with Gasteiger partial charge >= 0.3 is 0 Å². The molecule has 124 valence electrons. The van der Waals surface area contributed by atoms with Gasteiger partial charge in [0.25, 0.3) is 0 Å². The lowest BCUT2D eigenvalue weighted by atomic mass is 10.1. The second kappa shape index (κ2) is 6.49. The molecule has 6 nitrogen and oxygen atoms in total. The van der Waals surface area contributed by atoms with Crippen LogP contribution >= 0.6 is 15.9 Å². The van der Waals surface area contributed by atoms with E-state index in [9.17, 15) is 0 Å². The topological polar surface area (TPSA) is 71.4 Å². The van der Waals surface area contributed by atoms with E-state index in [1.54, 1.807) is 0 Å². The van der Waals surface area contributed by atoms with E-state index in [1.165, 1.54) is 0 Å². The minimum Gasteiger partial charge on any atom is -0.341 e. The number of aromatic nitrogens is 5. The van der Waals surface area contributed by atoms with Gasteiger partial charge in [-0.3, -0.25) is 0 Å². The van der Waals surface area contributed by atoms with Crippen molar-refractivity contribution in [2.45, 2.75) is 38.9 Å². The third-order valence-electron chi connectivity index (χ3n) is 4.29. The molecule has 0 bridgehead atoms. The van der Waals surface area contributed by atoms with E-state index >= 15 is 0 Å². The summed E-state index contributed by atoms with van der Waals surface area (Å²) in [5.41, 5.74) is 2.16. The molecule has 4 rings (SSSR count). The first-order chi connectivity index (χ1) is 11.7. The summed E-state index contributed by atoms with van der Waals surface area (Å²) in [6.07, 6.45) is 3.94. The monoisotopic (exact) mass is 386 g/mol. The van der Waals surface area contributed by atoms with E-state index < -0.39 is 0 Å². The zero-order valence-corrected chi connectivity index (χ0v) is 15.0. The van der Waals surface area contributed by atoms with Crippen LogP contribution in [0.2, 0.25) is 0 Å². The molecule has 0 spiro atoms. The Morgan fingerprint density at radius 2 is 2.33 bits per heavy atom. The number of halogens is 1. The fourth-order valence-corrected chi connectivity index (χ4v) is 3.50. The van der Waals surface area contributed by atoms with Crippen molar-refractivity contribution >= 4 is 15.9 Å². The summed E-state index contributed by atoms with van der Waals surface area (Å²) >= 11 is 3.50. The Kier molecular flexibility index (Phi) is 4.20. The number of rotatable bonds is 4.